The van der Waals surface area contributed by atoms with Crippen LogP contribution in [0.1, 0.15) is 46.2 Å². The van der Waals surface area contributed by atoms with Gasteiger partial charge in [-0.2, -0.15) is 0 Å². The number of carbonyl (C=O) groups excluding carboxylic acids is 1. The maximum atomic E-state index is 12.7. The largest absolute Gasteiger partial charge is 0.338 e. The van der Waals surface area contributed by atoms with E-state index in [-0.39, 0.29) is 11.8 Å². The molecule has 1 aromatic carbocycles. The van der Waals surface area contributed by atoms with Gasteiger partial charge in [0.25, 0.3) is 5.91 Å². The predicted octanol–water partition coefficient (Wildman–Crippen LogP) is 2.14. The van der Waals surface area contributed by atoms with Gasteiger partial charge in [0.2, 0.25) is 0 Å². The van der Waals surface area contributed by atoms with E-state index in [9.17, 15) is 4.79 Å². The lowest BCUT2D eigenvalue weighted by atomic mass is 9.96. The summed E-state index contributed by atoms with van der Waals surface area (Å²) in [5.41, 5.74) is 3.14. The van der Waals surface area contributed by atoms with E-state index in [4.69, 9.17) is 4.98 Å². The highest BCUT2D eigenvalue weighted by atomic mass is 16.2. The Morgan fingerprint density at radius 2 is 2.12 bits per heavy atom. The van der Waals surface area contributed by atoms with Gasteiger partial charge in [0.15, 0.2) is 0 Å². The Labute approximate surface area is 142 Å². The third-order valence-corrected chi connectivity index (χ3v) is 4.92. The van der Waals surface area contributed by atoms with Crippen LogP contribution in [0.2, 0.25) is 0 Å². The lowest BCUT2D eigenvalue weighted by Crippen LogP contribution is -2.39. The molecule has 5 heteroatoms. The van der Waals surface area contributed by atoms with Crippen molar-refractivity contribution in [2.24, 2.45) is 0 Å². The number of piperidine rings is 1. The number of aromatic nitrogens is 2. The zero-order chi connectivity index (χ0) is 16.4. The molecule has 5 nitrogen and oxygen atoms in total. The third kappa shape index (κ3) is 3.04. The number of likely N-dealkylation sites (tertiary alicyclic amines) is 1. The SMILES string of the molecule is O=C(c1ccccc1)N1CCC[C@@H](c2ncc3c(n2)CCNC3)C1. The molecule has 0 radical (unpaired) electrons. The van der Waals surface area contributed by atoms with E-state index >= 15 is 0 Å². The Balaban J connectivity index is 1.52. The molecule has 124 valence electrons. The molecule has 1 saturated heterocycles. The van der Waals surface area contributed by atoms with Crippen molar-refractivity contribution >= 4 is 5.91 Å². The van der Waals surface area contributed by atoms with Gasteiger partial charge in [-0.1, -0.05) is 18.2 Å². The van der Waals surface area contributed by atoms with Crippen molar-refractivity contribution in [2.75, 3.05) is 19.6 Å². The van der Waals surface area contributed by atoms with E-state index in [0.717, 1.165) is 50.3 Å². The molecule has 1 atom stereocenters. The Morgan fingerprint density at radius 1 is 1.25 bits per heavy atom. The van der Waals surface area contributed by atoms with Gasteiger partial charge in [-0.05, 0) is 25.0 Å². The van der Waals surface area contributed by atoms with Gasteiger partial charge in [-0.15, -0.1) is 0 Å². The molecular formula is C19H22N4O. The molecule has 0 saturated carbocycles. The number of rotatable bonds is 2. The first kappa shape index (κ1) is 15.3. The second-order valence-corrected chi connectivity index (χ2v) is 6.58. The van der Waals surface area contributed by atoms with Crippen LogP contribution >= 0.6 is 0 Å². The van der Waals surface area contributed by atoms with E-state index < -0.39 is 0 Å². The molecule has 2 aliphatic rings. The van der Waals surface area contributed by atoms with E-state index in [1.54, 1.807) is 0 Å². The summed E-state index contributed by atoms with van der Waals surface area (Å²) in [4.78, 5) is 24.0. The van der Waals surface area contributed by atoms with Crippen molar-refractivity contribution < 1.29 is 4.79 Å². The quantitative estimate of drug-likeness (QED) is 0.920. The molecule has 0 aliphatic carbocycles. The minimum Gasteiger partial charge on any atom is -0.338 e. The van der Waals surface area contributed by atoms with Crippen molar-refractivity contribution in [2.45, 2.75) is 31.7 Å². The van der Waals surface area contributed by atoms with Crippen LogP contribution in [0, 0.1) is 0 Å². The number of hydrogen-bond acceptors (Lipinski definition) is 4. The average molecular weight is 322 g/mol. The van der Waals surface area contributed by atoms with Crippen LogP contribution in [-0.4, -0.2) is 40.4 Å². The van der Waals surface area contributed by atoms with E-state index in [1.165, 1.54) is 11.3 Å². The first-order valence-corrected chi connectivity index (χ1v) is 8.71. The fourth-order valence-corrected chi connectivity index (χ4v) is 3.58. The van der Waals surface area contributed by atoms with Gasteiger partial charge >= 0.3 is 0 Å². The van der Waals surface area contributed by atoms with Crippen LogP contribution in [-0.2, 0) is 13.0 Å². The molecule has 2 aromatic rings. The molecular weight excluding hydrogens is 300 g/mol. The van der Waals surface area contributed by atoms with Crippen LogP contribution in [0.5, 0.6) is 0 Å². The minimum atomic E-state index is 0.113. The highest BCUT2D eigenvalue weighted by molar-refractivity contribution is 5.94. The highest BCUT2D eigenvalue weighted by Crippen LogP contribution is 2.26. The van der Waals surface area contributed by atoms with Gasteiger partial charge in [0.05, 0.1) is 0 Å². The zero-order valence-electron chi connectivity index (χ0n) is 13.7. The second kappa shape index (κ2) is 6.69. The maximum Gasteiger partial charge on any atom is 0.253 e. The van der Waals surface area contributed by atoms with Gasteiger partial charge in [0, 0.05) is 61.5 Å². The van der Waals surface area contributed by atoms with Crippen molar-refractivity contribution in [3.63, 3.8) is 0 Å². The number of nitrogens with zero attached hydrogens (tertiary/aromatic N) is 3. The summed E-state index contributed by atoms with van der Waals surface area (Å²) in [5.74, 6) is 1.26. The number of benzene rings is 1. The van der Waals surface area contributed by atoms with Crippen LogP contribution in [0.15, 0.2) is 36.5 Å². The van der Waals surface area contributed by atoms with E-state index in [1.807, 2.05) is 41.4 Å². The number of hydrogen-bond donors (Lipinski definition) is 1. The molecule has 1 aromatic heterocycles. The Hall–Kier alpha value is -2.27. The van der Waals surface area contributed by atoms with Gasteiger partial charge in [-0.3, -0.25) is 4.79 Å². The summed E-state index contributed by atoms with van der Waals surface area (Å²) in [5, 5.41) is 3.35. The topological polar surface area (TPSA) is 58.1 Å². The molecule has 3 heterocycles. The summed E-state index contributed by atoms with van der Waals surface area (Å²) >= 11 is 0. The molecule has 0 spiro atoms. The Bertz CT molecular complexity index is 731. The molecule has 1 fully saturated rings. The van der Waals surface area contributed by atoms with E-state index in [0.29, 0.717) is 6.54 Å². The summed E-state index contributed by atoms with van der Waals surface area (Å²) in [6.45, 7) is 3.37. The first-order chi connectivity index (χ1) is 11.8. The maximum absolute atomic E-state index is 12.7. The monoisotopic (exact) mass is 322 g/mol. The second-order valence-electron chi connectivity index (χ2n) is 6.58. The van der Waals surface area contributed by atoms with Crippen LogP contribution < -0.4 is 5.32 Å². The molecule has 1 amide bonds. The predicted molar refractivity (Wildman–Crippen MR) is 91.8 cm³/mol. The summed E-state index contributed by atoms with van der Waals surface area (Å²) in [6.07, 6.45) is 4.98. The standard InChI is InChI=1S/C19H22N4O/c24-19(14-5-2-1-3-6-14)23-10-4-7-15(13-23)18-21-12-16-11-20-9-8-17(16)22-18/h1-3,5-6,12,15,20H,4,7-11,13H2/t15-/m1/s1. The van der Waals surface area contributed by atoms with Gasteiger partial charge < -0.3 is 10.2 Å². The highest BCUT2D eigenvalue weighted by Gasteiger charge is 2.27. The van der Waals surface area contributed by atoms with Crippen LogP contribution in [0.25, 0.3) is 0 Å². The zero-order valence-corrected chi connectivity index (χ0v) is 13.7. The lowest BCUT2D eigenvalue weighted by Gasteiger charge is -2.32. The molecule has 2 aliphatic heterocycles. The summed E-state index contributed by atoms with van der Waals surface area (Å²) in [7, 11) is 0. The molecule has 0 unspecified atom stereocenters. The van der Waals surface area contributed by atoms with Crippen LogP contribution in [0.3, 0.4) is 0 Å². The summed E-state index contributed by atoms with van der Waals surface area (Å²) < 4.78 is 0. The minimum absolute atomic E-state index is 0.113. The van der Waals surface area contributed by atoms with Crippen molar-refractivity contribution in [1.29, 1.82) is 0 Å². The fourth-order valence-electron chi connectivity index (χ4n) is 3.58. The normalized spacial score (nSPS) is 20.5. The van der Waals surface area contributed by atoms with Crippen molar-refractivity contribution in [3.8, 4) is 0 Å². The number of amides is 1. The molecule has 24 heavy (non-hydrogen) atoms. The molecule has 1 N–H and O–H groups in total. The van der Waals surface area contributed by atoms with E-state index in [2.05, 4.69) is 10.3 Å². The third-order valence-electron chi connectivity index (χ3n) is 4.92. The smallest absolute Gasteiger partial charge is 0.253 e. The first-order valence-electron chi connectivity index (χ1n) is 8.71. The van der Waals surface area contributed by atoms with Gasteiger partial charge in [0.1, 0.15) is 5.82 Å². The van der Waals surface area contributed by atoms with Crippen LogP contribution in [0.4, 0.5) is 0 Å². The Morgan fingerprint density at radius 3 is 3.00 bits per heavy atom. The number of fused-ring (bicyclic) bond motifs is 1. The van der Waals surface area contributed by atoms with Crippen molar-refractivity contribution in [1.82, 2.24) is 20.2 Å². The lowest BCUT2D eigenvalue weighted by molar-refractivity contribution is 0.0704. The number of carbonyl (C=O) groups is 1. The molecule has 4 rings (SSSR count). The average Bonchev–Trinajstić information content (AvgIpc) is 2.68. The fraction of sp³-hybridized carbons (Fsp3) is 0.421. The Kier molecular flexibility index (Phi) is 4.26. The summed E-state index contributed by atoms with van der Waals surface area (Å²) in [6, 6.07) is 9.53. The van der Waals surface area contributed by atoms with Crippen molar-refractivity contribution in [3.05, 3.63) is 59.2 Å². The molecule has 0 bridgehead atoms. The number of nitrogens with one attached hydrogen (secondary N) is 1. The van der Waals surface area contributed by atoms with Gasteiger partial charge in [-0.25, -0.2) is 9.97 Å².